The van der Waals surface area contributed by atoms with E-state index < -0.39 is 0 Å². The van der Waals surface area contributed by atoms with Crippen LogP contribution in [0.2, 0.25) is 0 Å². The van der Waals surface area contributed by atoms with E-state index in [1.54, 1.807) is 0 Å². The van der Waals surface area contributed by atoms with Gasteiger partial charge in [0.15, 0.2) is 0 Å². The van der Waals surface area contributed by atoms with Gasteiger partial charge in [0.1, 0.15) is 0 Å². The second kappa shape index (κ2) is 9.20. The molecule has 1 N–H and O–H groups in total. The summed E-state index contributed by atoms with van der Waals surface area (Å²) in [7, 11) is 0. The fraction of sp³-hybridized carbons (Fsp3) is 0.286. The molecule has 0 aliphatic rings. The summed E-state index contributed by atoms with van der Waals surface area (Å²) in [6, 6.07) is 10.6. The average molecular weight is 238 g/mol. The van der Waals surface area contributed by atoms with Crippen molar-refractivity contribution in [3.63, 3.8) is 0 Å². The molecular weight excluding hydrogens is 218 g/mol. The molecule has 0 aliphatic carbocycles. The number of benzene rings is 1. The van der Waals surface area contributed by atoms with Gasteiger partial charge in [0, 0.05) is 6.42 Å². The van der Waals surface area contributed by atoms with Gasteiger partial charge >= 0.3 is 0 Å². The minimum Gasteiger partial charge on any atom is -1.00 e. The zero-order valence-corrected chi connectivity index (χ0v) is 10.4. The van der Waals surface area contributed by atoms with Crippen LogP contribution in [0.15, 0.2) is 55.6 Å². The molecule has 1 aromatic carbocycles. The fourth-order valence-corrected chi connectivity index (χ4v) is 1.66. The van der Waals surface area contributed by atoms with Crippen molar-refractivity contribution in [2.45, 2.75) is 6.42 Å². The minimum absolute atomic E-state index is 0. The Bertz CT molecular complexity index is 285. The number of hydrogen-bond acceptors (Lipinski definition) is 0. The summed E-state index contributed by atoms with van der Waals surface area (Å²) >= 11 is 0. The second-order valence-electron chi connectivity index (χ2n) is 3.72. The number of quaternary nitrogens is 1. The zero-order valence-electron chi connectivity index (χ0n) is 9.66. The van der Waals surface area contributed by atoms with E-state index in [2.05, 4.69) is 43.5 Å². The quantitative estimate of drug-likeness (QED) is 0.551. The van der Waals surface area contributed by atoms with E-state index in [-0.39, 0.29) is 12.4 Å². The van der Waals surface area contributed by atoms with Crippen molar-refractivity contribution in [2.24, 2.45) is 0 Å². The summed E-state index contributed by atoms with van der Waals surface area (Å²) in [6.07, 6.45) is 5.07. The van der Waals surface area contributed by atoms with Crippen LogP contribution < -0.4 is 17.3 Å². The molecule has 16 heavy (non-hydrogen) atoms. The van der Waals surface area contributed by atoms with Crippen LogP contribution in [-0.2, 0) is 6.42 Å². The van der Waals surface area contributed by atoms with Gasteiger partial charge in [-0.1, -0.05) is 43.5 Å². The maximum atomic E-state index is 3.78. The summed E-state index contributed by atoms with van der Waals surface area (Å²) in [4.78, 5) is 1.52. The first-order chi connectivity index (χ1) is 7.36. The highest BCUT2D eigenvalue weighted by atomic mass is 35.5. The second-order valence-corrected chi connectivity index (χ2v) is 3.72. The SMILES string of the molecule is C=CC[NH+](CC=C)CCc1ccccc1.[Cl-]. The molecule has 0 amide bonds. The Labute approximate surface area is 105 Å². The van der Waals surface area contributed by atoms with Gasteiger partial charge in [-0.15, -0.1) is 0 Å². The fourth-order valence-electron chi connectivity index (χ4n) is 1.66. The van der Waals surface area contributed by atoms with Crippen molar-refractivity contribution in [3.8, 4) is 0 Å². The highest BCUT2D eigenvalue weighted by molar-refractivity contribution is 5.14. The maximum absolute atomic E-state index is 3.78. The van der Waals surface area contributed by atoms with Crippen molar-refractivity contribution in [3.05, 3.63) is 61.2 Å². The molecule has 0 fully saturated rings. The Kier molecular flexibility index (Phi) is 8.59. The standard InChI is InChI=1S/C14H19N.ClH/c1-3-11-15(12-4-2)13-10-14-8-6-5-7-9-14;/h3-9H,1-2,10-13H2;1H. The molecule has 88 valence electrons. The molecule has 0 atom stereocenters. The third kappa shape index (κ3) is 5.74. The monoisotopic (exact) mass is 237 g/mol. The van der Waals surface area contributed by atoms with E-state index in [9.17, 15) is 0 Å². The Morgan fingerprint density at radius 2 is 1.56 bits per heavy atom. The van der Waals surface area contributed by atoms with Crippen LogP contribution in [-0.4, -0.2) is 19.6 Å². The molecule has 0 radical (unpaired) electrons. The van der Waals surface area contributed by atoms with Crippen LogP contribution in [0.5, 0.6) is 0 Å². The van der Waals surface area contributed by atoms with Crippen LogP contribution in [0.1, 0.15) is 5.56 Å². The van der Waals surface area contributed by atoms with Gasteiger partial charge in [0.05, 0.1) is 19.6 Å². The third-order valence-corrected chi connectivity index (χ3v) is 2.48. The van der Waals surface area contributed by atoms with Crippen molar-refractivity contribution in [1.82, 2.24) is 0 Å². The normalized spacial score (nSPS) is 9.56. The third-order valence-electron chi connectivity index (χ3n) is 2.48. The first kappa shape index (κ1) is 14.9. The highest BCUT2D eigenvalue weighted by Crippen LogP contribution is 1.97. The number of halogens is 1. The average Bonchev–Trinajstić information content (AvgIpc) is 2.28. The zero-order chi connectivity index (χ0) is 10.9. The van der Waals surface area contributed by atoms with Crippen molar-refractivity contribution in [2.75, 3.05) is 19.6 Å². The summed E-state index contributed by atoms with van der Waals surface area (Å²) in [6.45, 7) is 10.7. The lowest BCUT2D eigenvalue weighted by Gasteiger charge is -2.15. The van der Waals surface area contributed by atoms with E-state index in [4.69, 9.17) is 0 Å². The van der Waals surface area contributed by atoms with E-state index in [1.807, 2.05) is 12.2 Å². The highest BCUT2D eigenvalue weighted by Gasteiger charge is 2.03. The van der Waals surface area contributed by atoms with E-state index in [0.717, 1.165) is 26.1 Å². The first-order valence-electron chi connectivity index (χ1n) is 5.46. The van der Waals surface area contributed by atoms with Crippen LogP contribution in [0, 0.1) is 0 Å². The molecule has 1 rings (SSSR count). The van der Waals surface area contributed by atoms with Crippen LogP contribution in [0.4, 0.5) is 0 Å². The summed E-state index contributed by atoms with van der Waals surface area (Å²) in [5, 5.41) is 0. The smallest absolute Gasteiger partial charge is 0.0957 e. The molecular formula is C14H20ClN. The van der Waals surface area contributed by atoms with Gasteiger partial charge in [-0.2, -0.15) is 0 Å². The van der Waals surface area contributed by atoms with Gasteiger partial charge in [0.25, 0.3) is 0 Å². The Morgan fingerprint density at radius 3 is 2.06 bits per heavy atom. The van der Waals surface area contributed by atoms with Crippen LogP contribution in [0.3, 0.4) is 0 Å². The molecule has 0 saturated heterocycles. The predicted octanol–water partition coefficient (Wildman–Crippen LogP) is -1.51. The maximum Gasteiger partial charge on any atom is 0.0957 e. The molecule has 0 heterocycles. The van der Waals surface area contributed by atoms with E-state index in [1.165, 1.54) is 10.5 Å². The molecule has 0 spiro atoms. The summed E-state index contributed by atoms with van der Waals surface area (Å²) < 4.78 is 0. The molecule has 1 aromatic rings. The molecule has 2 heteroatoms. The first-order valence-corrected chi connectivity index (χ1v) is 5.46. The summed E-state index contributed by atoms with van der Waals surface area (Å²) in [5.41, 5.74) is 1.41. The Hall–Kier alpha value is -1.05. The predicted molar refractivity (Wildman–Crippen MR) is 66.1 cm³/mol. The summed E-state index contributed by atoms with van der Waals surface area (Å²) in [5.74, 6) is 0. The van der Waals surface area contributed by atoms with E-state index >= 15 is 0 Å². The largest absolute Gasteiger partial charge is 1.00 e. The van der Waals surface area contributed by atoms with Crippen molar-refractivity contribution in [1.29, 1.82) is 0 Å². The molecule has 0 aromatic heterocycles. The number of hydrogen-bond donors (Lipinski definition) is 1. The minimum atomic E-state index is 0. The lowest BCUT2D eigenvalue weighted by molar-refractivity contribution is -0.887. The number of nitrogens with one attached hydrogen (secondary N) is 1. The lowest BCUT2D eigenvalue weighted by Crippen LogP contribution is -3.11. The molecule has 0 bridgehead atoms. The van der Waals surface area contributed by atoms with Gasteiger partial charge < -0.3 is 17.3 Å². The van der Waals surface area contributed by atoms with Crippen molar-refractivity contribution < 1.29 is 17.3 Å². The number of rotatable bonds is 7. The topological polar surface area (TPSA) is 4.44 Å². The molecule has 1 nitrogen and oxygen atoms in total. The van der Waals surface area contributed by atoms with Crippen LogP contribution >= 0.6 is 0 Å². The molecule has 0 unspecified atom stereocenters. The molecule has 0 saturated carbocycles. The Morgan fingerprint density at radius 1 is 1.00 bits per heavy atom. The van der Waals surface area contributed by atoms with Crippen LogP contribution in [0.25, 0.3) is 0 Å². The van der Waals surface area contributed by atoms with E-state index in [0.29, 0.717) is 0 Å². The van der Waals surface area contributed by atoms with Gasteiger partial charge in [-0.3, -0.25) is 0 Å². The van der Waals surface area contributed by atoms with Gasteiger partial charge in [-0.05, 0) is 17.7 Å². The van der Waals surface area contributed by atoms with Crippen molar-refractivity contribution >= 4 is 0 Å². The Balaban J connectivity index is 0.00000225. The molecule has 0 aliphatic heterocycles. The van der Waals surface area contributed by atoms with Gasteiger partial charge in [-0.25, -0.2) is 0 Å². The lowest BCUT2D eigenvalue weighted by atomic mass is 10.1. The van der Waals surface area contributed by atoms with Gasteiger partial charge in [0.2, 0.25) is 0 Å².